The van der Waals surface area contributed by atoms with Crippen LogP contribution in [-0.4, -0.2) is 60.3 Å². The monoisotopic (exact) mass is 314 g/mol. The van der Waals surface area contributed by atoms with Crippen LogP contribution in [0.1, 0.15) is 19.8 Å². The van der Waals surface area contributed by atoms with E-state index in [1.165, 1.54) is 21.7 Å². The number of aryl methyl sites for hydroxylation is 1. The van der Waals surface area contributed by atoms with E-state index in [9.17, 15) is 13.2 Å². The highest BCUT2D eigenvalue weighted by Crippen LogP contribution is 2.33. The maximum Gasteiger partial charge on any atom is 0.262 e. The fourth-order valence-electron chi connectivity index (χ4n) is 2.77. The van der Waals surface area contributed by atoms with E-state index in [0.717, 1.165) is 0 Å². The summed E-state index contributed by atoms with van der Waals surface area (Å²) in [5, 5.41) is 0.0338. The number of carbonyl (C=O) groups is 1. The molecule has 1 aromatic rings. The van der Waals surface area contributed by atoms with Crippen molar-refractivity contribution in [2.45, 2.75) is 24.8 Å². The van der Waals surface area contributed by atoms with Crippen molar-refractivity contribution in [2.75, 3.05) is 27.2 Å². The number of hydrogen-bond donors (Lipinski definition) is 0. The Morgan fingerprint density at radius 3 is 2.62 bits per heavy atom. The minimum atomic E-state index is -3.64. The number of amides is 1. The molecule has 2 rings (SSSR count). The standard InChI is InChI=1S/C13H22N4O3S/c1-13(12(18)15(2)3)6-5-7-17(9-13)21(19,20)11-8-16(4)10-14-11/h8,10H,5-7,9H2,1-4H3. The van der Waals surface area contributed by atoms with Gasteiger partial charge < -0.3 is 9.47 Å². The zero-order valence-electron chi connectivity index (χ0n) is 12.9. The van der Waals surface area contributed by atoms with Gasteiger partial charge in [-0.05, 0) is 19.8 Å². The van der Waals surface area contributed by atoms with Crippen molar-refractivity contribution in [3.63, 3.8) is 0 Å². The molecule has 0 saturated carbocycles. The molecule has 1 aliphatic rings. The van der Waals surface area contributed by atoms with Crippen LogP contribution in [0.2, 0.25) is 0 Å². The Hall–Kier alpha value is -1.41. The average molecular weight is 314 g/mol. The van der Waals surface area contributed by atoms with Gasteiger partial charge in [-0.25, -0.2) is 13.4 Å². The number of hydrogen-bond acceptors (Lipinski definition) is 4. The highest BCUT2D eigenvalue weighted by atomic mass is 32.2. The molecule has 1 atom stereocenters. The van der Waals surface area contributed by atoms with Crippen LogP contribution in [0.5, 0.6) is 0 Å². The lowest BCUT2D eigenvalue weighted by atomic mass is 9.81. The number of nitrogens with zero attached hydrogens (tertiary/aromatic N) is 4. The summed E-state index contributed by atoms with van der Waals surface area (Å²) in [5.74, 6) is -0.0385. The summed E-state index contributed by atoms with van der Waals surface area (Å²) < 4.78 is 28.2. The Balaban J connectivity index is 2.27. The van der Waals surface area contributed by atoms with Crippen LogP contribution in [0.3, 0.4) is 0 Å². The third-order valence-electron chi connectivity index (χ3n) is 3.87. The Kier molecular flexibility index (Phi) is 4.12. The van der Waals surface area contributed by atoms with Crippen molar-refractivity contribution in [1.82, 2.24) is 18.8 Å². The molecular formula is C13H22N4O3S. The smallest absolute Gasteiger partial charge is 0.262 e. The van der Waals surface area contributed by atoms with Gasteiger partial charge in [0.05, 0.1) is 11.7 Å². The Labute approximate surface area is 125 Å². The number of aromatic nitrogens is 2. The van der Waals surface area contributed by atoms with Gasteiger partial charge in [0, 0.05) is 40.4 Å². The Bertz CT molecular complexity index is 638. The van der Waals surface area contributed by atoms with Crippen LogP contribution >= 0.6 is 0 Å². The molecule has 1 amide bonds. The van der Waals surface area contributed by atoms with Crippen molar-refractivity contribution in [3.05, 3.63) is 12.5 Å². The molecule has 118 valence electrons. The van der Waals surface area contributed by atoms with Gasteiger partial charge in [0.15, 0.2) is 5.03 Å². The van der Waals surface area contributed by atoms with Crippen molar-refractivity contribution in [2.24, 2.45) is 12.5 Å². The van der Waals surface area contributed by atoms with Crippen LogP contribution < -0.4 is 0 Å². The molecule has 1 aliphatic heterocycles. The van der Waals surface area contributed by atoms with E-state index in [-0.39, 0.29) is 17.5 Å². The summed E-state index contributed by atoms with van der Waals surface area (Å²) in [5.41, 5.74) is -0.677. The molecule has 1 aromatic heterocycles. The minimum absolute atomic E-state index is 0.0338. The topological polar surface area (TPSA) is 75.5 Å². The number of imidazole rings is 1. The molecule has 0 radical (unpaired) electrons. The molecule has 2 heterocycles. The van der Waals surface area contributed by atoms with E-state index in [1.54, 1.807) is 25.7 Å². The lowest BCUT2D eigenvalue weighted by Crippen LogP contribution is -2.51. The van der Waals surface area contributed by atoms with Gasteiger partial charge in [-0.2, -0.15) is 4.31 Å². The van der Waals surface area contributed by atoms with Gasteiger partial charge in [-0.15, -0.1) is 0 Å². The molecule has 0 aromatic carbocycles. The second-order valence-electron chi connectivity index (χ2n) is 6.08. The SMILES string of the molecule is CN(C)C(=O)C1(C)CCCN(S(=O)(=O)c2cn(C)cn2)C1. The zero-order valence-corrected chi connectivity index (χ0v) is 13.7. The fourth-order valence-corrected chi connectivity index (χ4v) is 4.34. The average Bonchev–Trinajstić information content (AvgIpc) is 2.85. The molecule has 0 N–H and O–H groups in total. The second kappa shape index (κ2) is 5.42. The molecule has 1 saturated heterocycles. The quantitative estimate of drug-likeness (QED) is 0.804. The van der Waals surface area contributed by atoms with E-state index in [2.05, 4.69) is 4.98 Å². The largest absolute Gasteiger partial charge is 0.348 e. The maximum atomic E-state index is 12.6. The summed E-state index contributed by atoms with van der Waals surface area (Å²) in [4.78, 5) is 17.8. The van der Waals surface area contributed by atoms with Crippen LogP contribution in [0.15, 0.2) is 17.6 Å². The number of piperidine rings is 1. The second-order valence-corrected chi connectivity index (χ2v) is 7.96. The predicted molar refractivity (Wildman–Crippen MR) is 78.0 cm³/mol. The zero-order chi connectivity index (χ0) is 15.8. The van der Waals surface area contributed by atoms with Crippen molar-refractivity contribution >= 4 is 15.9 Å². The molecule has 0 bridgehead atoms. The highest BCUT2D eigenvalue weighted by molar-refractivity contribution is 7.89. The molecule has 21 heavy (non-hydrogen) atoms. The number of carbonyl (C=O) groups excluding carboxylic acids is 1. The summed E-state index contributed by atoms with van der Waals surface area (Å²) in [6.07, 6.45) is 4.30. The van der Waals surface area contributed by atoms with Gasteiger partial charge in [0.2, 0.25) is 5.91 Å². The third-order valence-corrected chi connectivity index (χ3v) is 5.60. The van der Waals surface area contributed by atoms with Gasteiger partial charge in [-0.3, -0.25) is 4.79 Å². The molecular weight excluding hydrogens is 292 g/mol. The third kappa shape index (κ3) is 2.96. The van der Waals surface area contributed by atoms with Crippen LogP contribution in [0, 0.1) is 5.41 Å². The first-order chi connectivity index (χ1) is 9.67. The van der Waals surface area contributed by atoms with Crippen molar-refractivity contribution in [1.29, 1.82) is 0 Å². The van der Waals surface area contributed by atoms with E-state index in [1.807, 2.05) is 6.92 Å². The van der Waals surface area contributed by atoms with E-state index >= 15 is 0 Å². The fraction of sp³-hybridized carbons (Fsp3) is 0.692. The van der Waals surface area contributed by atoms with Gasteiger partial charge in [0.25, 0.3) is 10.0 Å². The number of rotatable bonds is 3. The molecule has 7 nitrogen and oxygen atoms in total. The Morgan fingerprint density at radius 1 is 1.43 bits per heavy atom. The lowest BCUT2D eigenvalue weighted by molar-refractivity contribution is -0.140. The molecule has 1 fully saturated rings. The maximum absolute atomic E-state index is 12.6. The van der Waals surface area contributed by atoms with Crippen LogP contribution in [0.25, 0.3) is 0 Å². The first-order valence-electron chi connectivity index (χ1n) is 6.87. The predicted octanol–water partition coefficient (Wildman–Crippen LogP) is 0.299. The first kappa shape index (κ1) is 16.0. The van der Waals surface area contributed by atoms with E-state index < -0.39 is 15.4 Å². The van der Waals surface area contributed by atoms with E-state index in [4.69, 9.17) is 0 Å². The van der Waals surface area contributed by atoms with Gasteiger partial charge >= 0.3 is 0 Å². The number of sulfonamides is 1. The molecule has 1 unspecified atom stereocenters. The van der Waals surface area contributed by atoms with Crippen LogP contribution in [0.4, 0.5) is 0 Å². The molecule has 0 spiro atoms. The van der Waals surface area contributed by atoms with Crippen molar-refractivity contribution < 1.29 is 13.2 Å². The van der Waals surface area contributed by atoms with Gasteiger partial charge in [-0.1, -0.05) is 0 Å². The van der Waals surface area contributed by atoms with E-state index in [0.29, 0.717) is 19.4 Å². The normalized spacial score (nSPS) is 24.0. The lowest BCUT2D eigenvalue weighted by Gasteiger charge is -2.39. The Morgan fingerprint density at radius 2 is 2.10 bits per heavy atom. The summed E-state index contributed by atoms with van der Waals surface area (Å²) in [7, 11) is 1.47. The first-order valence-corrected chi connectivity index (χ1v) is 8.31. The highest BCUT2D eigenvalue weighted by Gasteiger charge is 2.43. The van der Waals surface area contributed by atoms with Crippen LogP contribution in [-0.2, 0) is 21.9 Å². The minimum Gasteiger partial charge on any atom is -0.348 e. The summed E-state index contributed by atoms with van der Waals surface area (Å²) in [6, 6.07) is 0. The summed E-state index contributed by atoms with van der Waals surface area (Å²) in [6.45, 7) is 2.45. The van der Waals surface area contributed by atoms with Gasteiger partial charge in [0.1, 0.15) is 0 Å². The summed E-state index contributed by atoms with van der Waals surface area (Å²) >= 11 is 0. The molecule has 0 aliphatic carbocycles. The molecule has 8 heteroatoms. The van der Waals surface area contributed by atoms with Crippen molar-refractivity contribution in [3.8, 4) is 0 Å².